The molecule has 0 unspecified atom stereocenters. The van der Waals surface area contributed by atoms with Crippen molar-refractivity contribution in [2.45, 2.75) is 39.4 Å². The van der Waals surface area contributed by atoms with Crippen molar-refractivity contribution in [2.24, 2.45) is 7.05 Å². The molecular formula is C37H39ClN6O5. The highest BCUT2D eigenvalue weighted by atomic mass is 35.5. The zero-order chi connectivity index (χ0) is 33.5. The zero-order valence-corrected chi connectivity index (χ0v) is 28.7. The number of likely N-dealkylation sites (N-methyl/N-ethyl adjacent to an activating group) is 1. The lowest BCUT2D eigenvalue weighted by atomic mass is 9.93. The number of carbonyl (C=O) groups excluding carboxylic acids is 2. The number of anilines is 2. The van der Waals surface area contributed by atoms with Gasteiger partial charge < -0.3 is 29.4 Å². The van der Waals surface area contributed by atoms with Crippen molar-refractivity contribution in [2.75, 3.05) is 25.3 Å². The van der Waals surface area contributed by atoms with Crippen LogP contribution in [0.2, 0.25) is 0 Å². The third-order valence-electron chi connectivity index (χ3n) is 9.23. The summed E-state index contributed by atoms with van der Waals surface area (Å²) in [5, 5.41) is 17.5. The van der Waals surface area contributed by atoms with Crippen LogP contribution in [0, 0.1) is 6.92 Å². The summed E-state index contributed by atoms with van der Waals surface area (Å²) in [6.45, 7) is 5.74. The molecule has 0 saturated carbocycles. The van der Waals surface area contributed by atoms with E-state index in [-0.39, 0.29) is 42.8 Å². The molecule has 3 aromatic carbocycles. The number of aryl methyl sites for hydroxylation is 1. The van der Waals surface area contributed by atoms with Gasteiger partial charge in [-0.1, -0.05) is 24.3 Å². The molecule has 1 atom stereocenters. The number of rotatable bonds is 8. The van der Waals surface area contributed by atoms with Gasteiger partial charge in [-0.25, -0.2) is 0 Å². The Morgan fingerprint density at radius 3 is 2.41 bits per heavy atom. The molecule has 2 N–H and O–H groups in total. The molecule has 0 spiro atoms. The Hall–Kier alpha value is -5.26. The van der Waals surface area contributed by atoms with Crippen LogP contribution in [0.3, 0.4) is 0 Å². The summed E-state index contributed by atoms with van der Waals surface area (Å²) in [7, 11) is 3.67. The number of phenolic OH excluding ortho intramolecular Hbond substituents is 1. The quantitative estimate of drug-likeness (QED) is 0.212. The fourth-order valence-electron chi connectivity index (χ4n) is 6.66. The number of nitrogens with one attached hydrogen (secondary N) is 1. The molecule has 0 fully saturated rings. The van der Waals surface area contributed by atoms with Crippen molar-refractivity contribution in [1.29, 1.82) is 0 Å². The maximum absolute atomic E-state index is 14.6. The van der Waals surface area contributed by atoms with Gasteiger partial charge in [0.15, 0.2) is 11.5 Å². The van der Waals surface area contributed by atoms with Crippen molar-refractivity contribution in [1.82, 2.24) is 24.6 Å². The normalized spacial score (nSPS) is 14.7. The van der Waals surface area contributed by atoms with Gasteiger partial charge in [0.05, 0.1) is 28.7 Å². The predicted octanol–water partition coefficient (Wildman–Crippen LogP) is 5.84. The van der Waals surface area contributed by atoms with Crippen molar-refractivity contribution in [3.8, 4) is 28.5 Å². The van der Waals surface area contributed by atoms with E-state index in [0.717, 1.165) is 23.4 Å². The highest BCUT2D eigenvalue weighted by molar-refractivity contribution is 6.12. The van der Waals surface area contributed by atoms with Crippen LogP contribution in [0.4, 0.5) is 11.4 Å². The molecule has 0 radical (unpaired) electrons. The first-order chi connectivity index (χ1) is 23.2. The van der Waals surface area contributed by atoms with Crippen molar-refractivity contribution in [3.63, 3.8) is 0 Å². The molecule has 11 nitrogen and oxygen atoms in total. The highest BCUT2D eigenvalue weighted by Gasteiger charge is 2.33. The average molecular weight is 683 g/mol. The second-order valence-corrected chi connectivity index (χ2v) is 12.3. The summed E-state index contributed by atoms with van der Waals surface area (Å²) in [5.41, 5.74) is 6.62. The van der Waals surface area contributed by atoms with E-state index in [4.69, 9.17) is 9.47 Å². The number of aromatic nitrogens is 3. The Morgan fingerprint density at radius 2 is 1.71 bits per heavy atom. The number of benzene rings is 3. The first-order valence-electron chi connectivity index (χ1n) is 16.0. The third-order valence-corrected chi connectivity index (χ3v) is 9.23. The van der Waals surface area contributed by atoms with Crippen LogP contribution in [-0.4, -0.2) is 62.6 Å². The van der Waals surface area contributed by atoms with Crippen LogP contribution >= 0.6 is 12.4 Å². The molecule has 49 heavy (non-hydrogen) atoms. The van der Waals surface area contributed by atoms with Gasteiger partial charge in [0.1, 0.15) is 5.75 Å². The van der Waals surface area contributed by atoms with Gasteiger partial charge in [-0.15, -0.1) is 12.4 Å². The van der Waals surface area contributed by atoms with Crippen LogP contribution in [0.5, 0.6) is 17.2 Å². The molecule has 0 bridgehead atoms. The fourth-order valence-corrected chi connectivity index (χ4v) is 6.66. The number of carbonyl (C=O) groups is 2. The molecule has 2 aliphatic rings. The predicted molar refractivity (Wildman–Crippen MR) is 189 cm³/mol. The number of hydrogen-bond donors (Lipinski definition) is 2. The minimum absolute atomic E-state index is 0. The van der Waals surface area contributed by atoms with E-state index in [1.165, 1.54) is 5.56 Å². The molecule has 0 saturated heterocycles. The van der Waals surface area contributed by atoms with Gasteiger partial charge in [-0.2, -0.15) is 5.10 Å². The first kappa shape index (κ1) is 33.6. The summed E-state index contributed by atoms with van der Waals surface area (Å²) in [6.07, 6.45) is 4.16. The molecular weight excluding hydrogens is 644 g/mol. The molecule has 254 valence electrons. The number of aromatic hydroxyl groups is 1. The van der Waals surface area contributed by atoms with E-state index in [2.05, 4.69) is 34.0 Å². The summed E-state index contributed by atoms with van der Waals surface area (Å²) in [4.78, 5) is 32.7. The van der Waals surface area contributed by atoms with Crippen LogP contribution in [-0.2, 0) is 26.6 Å². The van der Waals surface area contributed by atoms with Crippen LogP contribution in [0.15, 0.2) is 79.1 Å². The van der Waals surface area contributed by atoms with Gasteiger partial charge in [0, 0.05) is 55.9 Å². The van der Waals surface area contributed by atoms with Gasteiger partial charge >= 0.3 is 0 Å². The molecule has 4 heterocycles. The van der Waals surface area contributed by atoms with Gasteiger partial charge in [-0.3, -0.25) is 19.2 Å². The standard InChI is InChI=1S/C37H38N6O5.ClH/c1-23-15-25-7-5-6-8-26(25)20-42(23)36(45)32-18-35-34(47-22-48-35)17-31(32)33-16-30(24(2)41(33)14-13-38-3)37(46)43(28-19-39-40(4)21-28)27-9-11-29(44)12-10-27;/h5-12,16-19,21,23,38,44H,13-15,20,22H2,1-4H3;1H/t23-;/m1./s1. The van der Waals surface area contributed by atoms with E-state index in [1.807, 2.05) is 43.1 Å². The third kappa shape index (κ3) is 6.23. The minimum atomic E-state index is -0.273. The smallest absolute Gasteiger partial charge is 0.264 e. The minimum Gasteiger partial charge on any atom is -0.508 e. The number of amides is 2. The van der Waals surface area contributed by atoms with Crippen molar-refractivity contribution < 1.29 is 24.2 Å². The molecule has 0 aliphatic carbocycles. The second-order valence-electron chi connectivity index (χ2n) is 12.3. The lowest BCUT2D eigenvalue weighted by Crippen LogP contribution is -2.42. The van der Waals surface area contributed by atoms with Gasteiger partial charge in [0.2, 0.25) is 6.79 Å². The summed E-state index contributed by atoms with van der Waals surface area (Å²) >= 11 is 0. The molecule has 2 amide bonds. The summed E-state index contributed by atoms with van der Waals surface area (Å²) in [6, 6.07) is 20.2. The van der Waals surface area contributed by atoms with Gasteiger partial charge in [0.25, 0.3) is 11.8 Å². The highest BCUT2D eigenvalue weighted by Crippen LogP contribution is 2.42. The van der Waals surface area contributed by atoms with Gasteiger partial charge in [-0.05, 0) is 80.9 Å². The van der Waals surface area contributed by atoms with Crippen molar-refractivity contribution >= 4 is 35.6 Å². The number of phenols is 1. The number of nitrogens with zero attached hydrogens (tertiary/aromatic N) is 5. The number of fused-ring (bicyclic) bond motifs is 2. The first-order valence-corrected chi connectivity index (χ1v) is 16.0. The van der Waals surface area contributed by atoms with E-state index < -0.39 is 0 Å². The maximum atomic E-state index is 14.6. The Labute approximate surface area is 291 Å². The fraction of sp³-hybridized carbons (Fsp3) is 0.270. The number of halogens is 1. The van der Waals surface area contributed by atoms with Crippen LogP contribution < -0.4 is 19.7 Å². The SMILES string of the molecule is CNCCn1c(-c2cc3c(cc2C(=O)N2Cc4ccccc4C[C@H]2C)OCO3)cc(C(=O)N(c2ccc(O)cc2)c2cnn(C)c2)c1C.Cl. The average Bonchev–Trinajstić information content (AvgIpc) is 3.81. The molecule has 2 aliphatic heterocycles. The maximum Gasteiger partial charge on any atom is 0.264 e. The van der Waals surface area contributed by atoms with Crippen molar-refractivity contribution in [3.05, 3.63) is 107 Å². The Kier molecular flexibility index (Phi) is 9.40. The summed E-state index contributed by atoms with van der Waals surface area (Å²) < 4.78 is 15.3. The Morgan fingerprint density at radius 1 is 1.00 bits per heavy atom. The van der Waals surface area contributed by atoms with Crippen LogP contribution in [0.25, 0.3) is 11.3 Å². The topological polar surface area (TPSA) is 114 Å². The molecule has 5 aromatic rings. The number of ether oxygens (including phenoxy) is 2. The van der Waals surface area contributed by atoms with E-state index in [0.29, 0.717) is 59.2 Å². The largest absolute Gasteiger partial charge is 0.508 e. The second kappa shape index (κ2) is 13.7. The zero-order valence-electron chi connectivity index (χ0n) is 27.8. The molecule has 7 rings (SSSR count). The van der Waals surface area contributed by atoms with E-state index in [1.54, 1.807) is 59.4 Å². The van der Waals surface area contributed by atoms with Crippen LogP contribution in [0.1, 0.15) is 44.5 Å². The molecule has 12 heteroatoms. The van der Waals surface area contributed by atoms with E-state index in [9.17, 15) is 14.7 Å². The Balaban J connectivity index is 0.00000417. The summed E-state index contributed by atoms with van der Waals surface area (Å²) in [5.74, 6) is 0.777. The Bertz CT molecular complexity index is 2020. The monoisotopic (exact) mass is 682 g/mol. The van der Waals surface area contributed by atoms with E-state index >= 15 is 0 Å². The number of hydrogen-bond acceptors (Lipinski definition) is 7. The lowest BCUT2D eigenvalue weighted by Gasteiger charge is -2.35. The lowest BCUT2D eigenvalue weighted by molar-refractivity contribution is 0.0658. The molecule has 2 aromatic heterocycles.